The van der Waals surface area contributed by atoms with E-state index in [-0.39, 0.29) is 11.9 Å². The quantitative estimate of drug-likeness (QED) is 0.738. The molecule has 2 nitrogen and oxygen atoms in total. The number of benzene rings is 2. The summed E-state index contributed by atoms with van der Waals surface area (Å²) in [5.41, 5.74) is 8.95. The molecule has 0 fully saturated rings. The molecule has 1 heterocycles. The van der Waals surface area contributed by atoms with E-state index in [2.05, 4.69) is 15.9 Å². The lowest BCUT2D eigenvalue weighted by Crippen LogP contribution is -2.10. The van der Waals surface area contributed by atoms with Crippen LogP contribution in [0.3, 0.4) is 0 Å². The minimum atomic E-state index is -0.364. The van der Waals surface area contributed by atoms with Crippen LogP contribution in [0.4, 0.5) is 4.39 Å². The van der Waals surface area contributed by atoms with Gasteiger partial charge in [0.1, 0.15) is 17.2 Å². The number of furan rings is 1. The van der Waals surface area contributed by atoms with Gasteiger partial charge in [0.15, 0.2) is 0 Å². The van der Waals surface area contributed by atoms with Gasteiger partial charge in [-0.05, 0) is 48.4 Å². The number of rotatable bonds is 2. The first-order chi connectivity index (χ1) is 9.54. The largest absolute Gasteiger partial charge is 0.459 e. The Labute approximate surface area is 124 Å². The molecular weight excluding hydrogens is 321 g/mol. The molecule has 4 heteroatoms. The molecule has 1 aromatic heterocycles. The molecular formula is C16H13BrFNO. The van der Waals surface area contributed by atoms with E-state index in [1.54, 1.807) is 12.1 Å². The van der Waals surface area contributed by atoms with Crippen LogP contribution < -0.4 is 5.73 Å². The molecule has 0 radical (unpaired) electrons. The fourth-order valence-corrected chi connectivity index (χ4v) is 2.46. The van der Waals surface area contributed by atoms with Gasteiger partial charge in [-0.2, -0.15) is 0 Å². The second-order valence-corrected chi connectivity index (χ2v) is 5.67. The Bertz CT molecular complexity index is 781. The maximum atomic E-state index is 13.2. The van der Waals surface area contributed by atoms with E-state index in [4.69, 9.17) is 10.2 Å². The number of fused-ring (bicyclic) bond motifs is 1. The monoisotopic (exact) mass is 333 g/mol. The summed E-state index contributed by atoms with van der Waals surface area (Å²) in [5.74, 6) is 0.352. The Balaban J connectivity index is 2.02. The number of halogens is 2. The van der Waals surface area contributed by atoms with E-state index in [1.165, 1.54) is 12.1 Å². The minimum Gasteiger partial charge on any atom is -0.459 e. The molecule has 0 spiro atoms. The van der Waals surface area contributed by atoms with Gasteiger partial charge in [-0.15, -0.1) is 0 Å². The summed E-state index contributed by atoms with van der Waals surface area (Å²) in [7, 11) is 0. The van der Waals surface area contributed by atoms with Crippen LogP contribution in [0, 0.1) is 12.7 Å². The van der Waals surface area contributed by atoms with Crippen molar-refractivity contribution in [2.24, 2.45) is 5.73 Å². The van der Waals surface area contributed by atoms with Crippen LogP contribution in [0.5, 0.6) is 0 Å². The van der Waals surface area contributed by atoms with Crippen molar-refractivity contribution < 1.29 is 8.81 Å². The fourth-order valence-electron chi connectivity index (χ4n) is 2.21. The van der Waals surface area contributed by atoms with E-state index in [9.17, 15) is 4.39 Å². The second kappa shape index (κ2) is 5.04. The van der Waals surface area contributed by atoms with Gasteiger partial charge in [-0.3, -0.25) is 0 Å². The molecule has 1 unspecified atom stereocenters. The van der Waals surface area contributed by atoms with Gasteiger partial charge in [0.25, 0.3) is 0 Å². The summed E-state index contributed by atoms with van der Waals surface area (Å²) in [6.07, 6.45) is 0. The maximum Gasteiger partial charge on any atom is 0.134 e. The molecule has 0 aliphatic carbocycles. The normalized spacial score (nSPS) is 12.8. The van der Waals surface area contributed by atoms with Crippen LogP contribution in [-0.4, -0.2) is 0 Å². The van der Waals surface area contributed by atoms with Gasteiger partial charge in [0.05, 0.1) is 6.04 Å². The molecule has 0 saturated heterocycles. The third-order valence-corrected chi connectivity index (χ3v) is 4.23. The van der Waals surface area contributed by atoms with Crippen molar-refractivity contribution in [3.05, 3.63) is 69.6 Å². The zero-order chi connectivity index (χ0) is 14.3. The minimum absolute atomic E-state index is 0.280. The molecule has 2 N–H and O–H groups in total. The first-order valence-corrected chi connectivity index (χ1v) is 7.04. The Morgan fingerprint density at radius 2 is 1.95 bits per heavy atom. The molecule has 0 bridgehead atoms. The van der Waals surface area contributed by atoms with E-state index in [0.717, 1.165) is 21.0 Å². The van der Waals surface area contributed by atoms with Crippen LogP contribution >= 0.6 is 15.9 Å². The van der Waals surface area contributed by atoms with Crippen molar-refractivity contribution in [3.63, 3.8) is 0 Å². The Morgan fingerprint density at radius 3 is 2.70 bits per heavy atom. The molecule has 0 aliphatic heterocycles. The van der Waals surface area contributed by atoms with Crippen LogP contribution in [0.15, 0.2) is 51.4 Å². The molecule has 3 rings (SSSR count). The Kier molecular flexibility index (Phi) is 3.36. The van der Waals surface area contributed by atoms with Crippen LogP contribution in [0.1, 0.15) is 22.9 Å². The number of hydrogen-bond donors (Lipinski definition) is 1. The predicted octanol–water partition coefficient (Wildman–Crippen LogP) is 4.69. The molecule has 0 aliphatic rings. The van der Waals surface area contributed by atoms with Gasteiger partial charge in [0.2, 0.25) is 0 Å². The summed E-state index contributed by atoms with van der Waals surface area (Å²) in [6.45, 7) is 2.01. The highest BCUT2D eigenvalue weighted by atomic mass is 79.9. The summed E-state index contributed by atoms with van der Waals surface area (Å²) < 4.78 is 19.9. The van der Waals surface area contributed by atoms with Gasteiger partial charge >= 0.3 is 0 Å². The first-order valence-electron chi connectivity index (χ1n) is 6.25. The van der Waals surface area contributed by atoms with Crippen molar-refractivity contribution in [3.8, 4) is 0 Å². The maximum absolute atomic E-state index is 13.2. The lowest BCUT2D eigenvalue weighted by atomic mass is 10.0. The number of hydrogen-bond acceptors (Lipinski definition) is 2. The van der Waals surface area contributed by atoms with Gasteiger partial charge in [-0.25, -0.2) is 4.39 Å². The first kappa shape index (κ1) is 13.3. The molecule has 102 valence electrons. The lowest BCUT2D eigenvalue weighted by Gasteiger charge is -2.10. The molecule has 0 amide bonds. The third kappa shape index (κ3) is 2.37. The molecule has 1 atom stereocenters. The van der Waals surface area contributed by atoms with Crippen molar-refractivity contribution in [2.45, 2.75) is 13.0 Å². The number of nitrogens with two attached hydrogens (primary N) is 1. The van der Waals surface area contributed by atoms with Gasteiger partial charge in [-0.1, -0.05) is 28.1 Å². The highest BCUT2D eigenvalue weighted by Gasteiger charge is 2.15. The highest BCUT2D eigenvalue weighted by Crippen LogP contribution is 2.29. The topological polar surface area (TPSA) is 39.2 Å². The predicted molar refractivity (Wildman–Crippen MR) is 81.1 cm³/mol. The Morgan fingerprint density at radius 1 is 1.15 bits per heavy atom. The van der Waals surface area contributed by atoms with Crippen molar-refractivity contribution in [1.82, 2.24) is 0 Å². The lowest BCUT2D eigenvalue weighted by molar-refractivity contribution is 0.524. The zero-order valence-corrected chi connectivity index (χ0v) is 12.4. The summed E-state index contributed by atoms with van der Waals surface area (Å²) >= 11 is 3.46. The van der Waals surface area contributed by atoms with Crippen molar-refractivity contribution >= 4 is 26.9 Å². The SMILES string of the molecule is Cc1cc(C(N)c2cc3cc(F)ccc3o2)ccc1Br. The van der Waals surface area contributed by atoms with E-state index < -0.39 is 0 Å². The van der Waals surface area contributed by atoms with Crippen LogP contribution in [-0.2, 0) is 0 Å². The summed E-state index contributed by atoms with van der Waals surface area (Å²) in [4.78, 5) is 0. The van der Waals surface area contributed by atoms with Crippen molar-refractivity contribution in [1.29, 1.82) is 0 Å². The van der Waals surface area contributed by atoms with E-state index in [0.29, 0.717) is 11.3 Å². The summed E-state index contributed by atoms with van der Waals surface area (Å²) in [6, 6.07) is 11.8. The number of aryl methyl sites for hydroxylation is 1. The van der Waals surface area contributed by atoms with Crippen molar-refractivity contribution in [2.75, 3.05) is 0 Å². The molecule has 2 aromatic carbocycles. The second-order valence-electron chi connectivity index (χ2n) is 4.82. The fraction of sp³-hybridized carbons (Fsp3) is 0.125. The highest BCUT2D eigenvalue weighted by molar-refractivity contribution is 9.10. The summed E-state index contributed by atoms with van der Waals surface area (Å²) in [5, 5.41) is 0.726. The van der Waals surface area contributed by atoms with Crippen LogP contribution in [0.2, 0.25) is 0 Å². The van der Waals surface area contributed by atoms with Crippen LogP contribution in [0.25, 0.3) is 11.0 Å². The van der Waals surface area contributed by atoms with Gasteiger partial charge in [0, 0.05) is 9.86 Å². The smallest absolute Gasteiger partial charge is 0.134 e. The molecule has 20 heavy (non-hydrogen) atoms. The zero-order valence-electron chi connectivity index (χ0n) is 10.9. The Hall–Kier alpha value is -1.65. The van der Waals surface area contributed by atoms with E-state index in [1.807, 2.05) is 25.1 Å². The third-order valence-electron chi connectivity index (χ3n) is 3.35. The standard InChI is InChI=1S/C16H13BrFNO/c1-9-6-10(2-4-13(9)17)16(19)15-8-11-7-12(18)3-5-14(11)20-15/h2-8,16H,19H2,1H3. The van der Waals surface area contributed by atoms with E-state index >= 15 is 0 Å². The average Bonchev–Trinajstić information content (AvgIpc) is 2.84. The molecule has 0 saturated carbocycles. The molecule has 3 aromatic rings. The van der Waals surface area contributed by atoms with Gasteiger partial charge < -0.3 is 10.2 Å². The average molecular weight is 334 g/mol.